The zero-order chi connectivity index (χ0) is 16.8. The first-order valence-corrected chi connectivity index (χ1v) is 8.72. The molecular weight excluding hydrogens is 276 g/mol. The molecule has 0 saturated carbocycles. The fourth-order valence-electron chi connectivity index (χ4n) is 2.27. The van der Waals surface area contributed by atoms with Gasteiger partial charge in [-0.15, -0.1) is 5.10 Å². The largest absolute Gasteiger partial charge is 0.369 e. The van der Waals surface area contributed by atoms with Crippen LogP contribution in [0, 0.1) is 5.92 Å². The minimum Gasteiger partial charge on any atom is -0.369 e. The van der Waals surface area contributed by atoms with Crippen LogP contribution in [0.5, 0.6) is 0 Å². The van der Waals surface area contributed by atoms with E-state index in [9.17, 15) is 0 Å². The molecule has 0 aliphatic heterocycles. The first-order chi connectivity index (χ1) is 10.5. The molecule has 0 saturated heterocycles. The maximum Gasteiger partial charge on any atom is 0.212 e. The van der Waals surface area contributed by atoms with Crippen LogP contribution >= 0.6 is 0 Å². The smallest absolute Gasteiger partial charge is 0.212 e. The SMILES string of the molecule is CCCCCCN(N=C(N)N)C(N)=NCC(CC)CCCC. The number of hydrogen-bond acceptors (Lipinski definition) is 2. The quantitative estimate of drug-likeness (QED) is 0.223. The molecule has 0 rings (SSSR count). The van der Waals surface area contributed by atoms with Crippen LogP contribution in [0.4, 0.5) is 0 Å². The summed E-state index contributed by atoms with van der Waals surface area (Å²) in [6.07, 6.45) is 9.33. The van der Waals surface area contributed by atoms with Crippen molar-refractivity contribution in [3.63, 3.8) is 0 Å². The van der Waals surface area contributed by atoms with Gasteiger partial charge >= 0.3 is 0 Å². The maximum atomic E-state index is 6.07. The Morgan fingerprint density at radius 2 is 1.64 bits per heavy atom. The van der Waals surface area contributed by atoms with Crippen molar-refractivity contribution >= 4 is 11.9 Å². The van der Waals surface area contributed by atoms with E-state index < -0.39 is 0 Å². The highest BCUT2D eigenvalue weighted by Gasteiger charge is 2.09. The van der Waals surface area contributed by atoms with E-state index in [-0.39, 0.29) is 5.96 Å². The molecule has 0 amide bonds. The number of nitrogens with zero attached hydrogens (tertiary/aromatic N) is 3. The molecule has 0 aromatic heterocycles. The highest BCUT2D eigenvalue weighted by Crippen LogP contribution is 2.13. The predicted octanol–water partition coefficient (Wildman–Crippen LogP) is 2.59. The summed E-state index contributed by atoms with van der Waals surface area (Å²) in [4.78, 5) is 4.50. The zero-order valence-electron chi connectivity index (χ0n) is 14.7. The average molecular weight is 313 g/mol. The van der Waals surface area contributed by atoms with Gasteiger partial charge in [0.2, 0.25) is 11.9 Å². The van der Waals surface area contributed by atoms with E-state index in [0.717, 1.165) is 25.8 Å². The number of rotatable bonds is 12. The summed E-state index contributed by atoms with van der Waals surface area (Å²) in [5, 5.41) is 5.73. The summed E-state index contributed by atoms with van der Waals surface area (Å²) >= 11 is 0. The van der Waals surface area contributed by atoms with Crippen LogP contribution in [-0.4, -0.2) is 30.0 Å². The van der Waals surface area contributed by atoms with Crippen LogP contribution < -0.4 is 17.2 Å². The Hall–Kier alpha value is -1.46. The van der Waals surface area contributed by atoms with Crippen molar-refractivity contribution in [2.75, 3.05) is 13.1 Å². The van der Waals surface area contributed by atoms with Gasteiger partial charge in [0.15, 0.2) is 0 Å². The van der Waals surface area contributed by atoms with Gasteiger partial charge in [-0.3, -0.25) is 4.99 Å². The molecule has 1 unspecified atom stereocenters. The molecule has 0 bridgehead atoms. The fourth-order valence-corrected chi connectivity index (χ4v) is 2.27. The minimum absolute atomic E-state index is 0.0201. The molecule has 130 valence electrons. The Labute approximate surface area is 136 Å². The third kappa shape index (κ3) is 10.3. The standard InChI is InChI=1S/C16H36N6/c1-4-7-9-10-12-22(21-15(17)18)16(19)20-13-14(6-3)11-8-5-2/h14H,4-13H2,1-3H3,(H2,19,20)(H4,17,18,21). The fraction of sp³-hybridized carbons (Fsp3) is 0.875. The monoisotopic (exact) mass is 312 g/mol. The lowest BCUT2D eigenvalue weighted by Crippen LogP contribution is -2.38. The Morgan fingerprint density at radius 1 is 0.955 bits per heavy atom. The molecule has 22 heavy (non-hydrogen) atoms. The molecular formula is C16H36N6. The predicted molar refractivity (Wildman–Crippen MR) is 96.5 cm³/mol. The number of nitrogens with two attached hydrogens (primary N) is 3. The molecule has 0 aliphatic carbocycles. The van der Waals surface area contributed by atoms with Crippen molar-refractivity contribution in [1.82, 2.24) is 5.01 Å². The van der Waals surface area contributed by atoms with Gasteiger partial charge in [-0.25, -0.2) is 5.01 Å². The van der Waals surface area contributed by atoms with E-state index in [0.29, 0.717) is 18.4 Å². The summed E-state index contributed by atoms with van der Waals surface area (Å²) in [6.45, 7) is 8.04. The highest BCUT2D eigenvalue weighted by molar-refractivity contribution is 5.81. The van der Waals surface area contributed by atoms with Crippen LogP contribution in [0.1, 0.15) is 72.1 Å². The molecule has 0 heterocycles. The van der Waals surface area contributed by atoms with Gasteiger partial charge in [0.1, 0.15) is 0 Å². The van der Waals surface area contributed by atoms with Crippen molar-refractivity contribution in [1.29, 1.82) is 0 Å². The normalized spacial score (nSPS) is 13.0. The van der Waals surface area contributed by atoms with E-state index in [1.165, 1.54) is 32.1 Å². The van der Waals surface area contributed by atoms with Crippen LogP contribution in [0.2, 0.25) is 0 Å². The molecule has 0 spiro atoms. The Bertz CT molecular complexity index is 323. The molecule has 0 aromatic rings. The van der Waals surface area contributed by atoms with E-state index in [1.54, 1.807) is 5.01 Å². The van der Waals surface area contributed by atoms with Crippen molar-refractivity contribution in [2.45, 2.75) is 72.1 Å². The van der Waals surface area contributed by atoms with E-state index in [1.807, 2.05) is 0 Å². The summed E-state index contributed by atoms with van der Waals surface area (Å²) in [6, 6.07) is 0. The van der Waals surface area contributed by atoms with E-state index in [2.05, 4.69) is 30.9 Å². The summed E-state index contributed by atoms with van der Waals surface area (Å²) in [5.74, 6) is 1.02. The number of guanidine groups is 2. The Balaban J connectivity index is 4.54. The second-order valence-corrected chi connectivity index (χ2v) is 5.82. The molecule has 6 heteroatoms. The van der Waals surface area contributed by atoms with Crippen LogP contribution in [0.3, 0.4) is 0 Å². The summed E-state index contributed by atoms with van der Waals surface area (Å²) in [7, 11) is 0. The van der Waals surface area contributed by atoms with Crippen LogP contribution in [0.25, 0.3) is 0 Å². The first kappa shape index (κ1) is 20.5. The molecule has 6 nitrogen and oxygen atoms in total. The topological polar surface area (TPSA) is 106 Å². The van der Waals surface area contributed by atoms with Gasteiger partial charge in [-0.1, -0.05) is 59.3 Å². The molecule has 0 fully saturated rings. The van der Waals surface area contributed by atoms with E-state index >= 15 is 0 Å². The summed E-state index contributed by atoms with van der Waals surface area (Å²) < 4.78 is 0. The van der Waals surface area contributed by atoms with E-state index in [4.69, 9.17) is 17.2 Å². The zero-order valence-corrected chi connectivity index (χ0v) is 14.7. The van der Waals surface area contributed by atoms with Crippen molar-refractivity contribution in [2.24, 2.45) is 33.2 Å². The van der Waals surface area contributed by atoms with Gasteiger partial charge in [0.25, 0.3) is 0 Å². The lowest BCUT2D eigenvalue weighted by molar-refractivity contribution is 0.409. The highest BCUT2D eigenvalue weighted by atomic mass is 15.5. The molecule has 0 aromatic carbocycles. The van der Waals surface area contributed by atoms with Gasteiger partial charge < -0.3 is 17.2 Å². The number of hydrogen-bond donors (Lipinski definition) is 3. The second kappa shape index (κ2) is 13.2. The van der Waals surface area contributed by atoms with Crippen LogP contribution in [-0.2, 0) is 0 Å². The Kier molecular flexibility index (Phi) is 12.3. The summed E-state index contributed by atoms with van der Waals surface area (Å²) in [5.41, 5.74) is 17.0. The number of unbranched alkanes of at least 4 members (excludes halogenated alkanes) is 4. The van der Waals surface area contributed by atoms with Crippen LogP contribution in [0.15, 0.2) is 10.1 Å². The van der Waals surface area contributed by atoms with Gasteiger partial charge in [-0.2, -0.15) is 0 Å². The van der Waals surface area contributed by atoms with Gasteiger partial charge in [0, 0.05) is 13.1 Å². The third-order valence-corrected chi connectivity index (χ3v) is 3.78. The van der Waals surface area contributed by atoms with Gasteiger partial charge in [-0.05, 0) is 18.8 Å². The number of hydrazone groups is 1. The average Bonchev–Trinajstić information content (AvgIpc) is 2.50. The number of aliphatic imine (C=N–C) groups is 1. The lowest BCUT2D eigenvalue weighted by atomic mass is 10.00. The molecule has 6 N–H and O–H groups in total. The molecule has 0 radical (unpaired) electrons. The van der Waals surface area contributed by atoms with Crippen molar-refractivity contribution < 1.29 is 0 Å². The first-order valence-electron chi connectivity index (χ1n) is 8.72. The minimum atomic E-state index is 0.0201. The Morgan fingerprint density at radius 3 is 2.18 bits per heavy atom. The van der Waals surface area contributed by atoms with Crippen molar-refractivity contribution in [3.05, 3.63) is 0 Å². The van der Waals surface area contributed by atoms with Crippen molar-refractivity contribution in [3.8, 4) is 0 Å². The third-order valence-electron chi connectivity index (χ3n) is 3.78. The second-order valence-electron chi connectivity index (χ2n) is 5.82. The lowest BCUT2D eigenvalue weighted by Gasteiger charge is -2.19. The molecule has 0 aliphatic rings. The maximum absolute atomic E-state index is 6.07. The molecule has 1 atom stereocenters. The van der Waals surface area contributed by atoms with Gasteiger partial charge in [0.05, 0.1) is 0 Å².